The van der Waals surface area contributed by atoms with Gasteiger partial charge >= 0.3 is 0 Å². The highest BCUT2D eigenvalue weighted by Gasteiger charge is 2.12. The molecule has 1 aliphatic rings. The summed E-state index contributed by atoms with van der Waals surface area (Å²) in [4.78, 5) is 4.47. The van der Waals surface area contributed by atoms with Crippen molar-refractivity contribution in [1.29, 1.82) is 0 Å². The molecular weight excluding hydrogens is 298 g/mol. The van der Waals surface area contributed by atoms with Crippen LogP contribution < -0.4 is 11.1 Å². The van der Waals surface area contributed by atoms with Crippen molar-refractivity contribution in [3.8, 4) is 0 Å². The van der Waals surface area contributed by atoms with Gasteiger partial charge in [0, 0.05) is 17.8 Å². The van der Waals surface area contributed by atoms with Crippen LogP contribution in [0.5, 0.6) is 0 Å². The molecule has 0 saturated heterocycles. The van der Waals surface area contributed by atoms with Gasteiger partial charge in [0.2, 0.25) is 0 Å². The first-order valence-electron chi connectivity index (χ1n) is 8.91. The van der Waals surface area contributed by atoms with Gasteiger partial charge in [0.25, 0.3) is 0 Å². The molecule has 1 aromatic heterocycles. The van der Waals surface area contributed by atoms with Gasteiger partial charge in [-0.3, -0.25) is 4.68 Å². The minimum absolute atomic E-state index is 0.483. The highest BCUT2D eigenvalue weighted by atomic mass is 15.3. The van der Waals surface area contributed by atoms with Crippen LogP contribution in [-0.2, 0) is 13.1 Å². The van der Waals surface area contributed by atoms with Crippen molar-refractivity contribution in [2.75, 3.05) is 0 Å². The van der Waals surface area contributed by atoms with E-state index in [9.17, 15) is 0 Å². The standard InChI is InChI=1S/C19H27N5/c20-19(23-18-10-6-1-2-7-11-18)21-12-17-13-22-24(15-17)14-16-8-4-3-5-9-16/h3-5,8-9,13,15,18H,1-2,6-7,10-12,14H2,(H3,20,21,23). The normalized spacial score (nSPS) is 16.8. The van der Waals surface area contributed by atoms with Gasteiger partial charge in [-0.05, 0) is 18.4 Å². The second-order valence-electron chi connectivity index (χ2n) is 6.57. The molecule has 0 amide bonds. The van der Waals surface area contributed by atoms with E-state index in [1.165, 1.54) is 44.1 Å². The van der Waals surface area contributed by atoms with Crippen LogP contribution in [0, 0.1) is 0 Å². The predicted molar refractivity (Wildman–Crippen MR) is 97.7 cm³/mol. The highest BCUT2D eigenvalue weighted by molar-refractivity contribution is 5.78. The van der Waals surface area contributed by atoms with E-state index < -0.39 is 0 Å². The number of nitrogens with one attached hydrogen (secondary N) is 1. The van der Waals surface area contributed by atoms with Crippen LogP contribution in [0.1, 0.15) is 49.7 Å². The Hall–Kier alpha value is -2.30. The first-order valence-corrected chi connectivity index (χ1v) is 8.91. The lowest BCUT2D eigenvalue weighted by Crippen LogP contribution is -2.39. The fourth-order valence-electron chi connectivity index (χ4n) is 3.20. The lowest BCUT2D eigenvalue weighted by Gasteiger charge is -2.16. The molecule has 1 aliphatic carbocycles. The number of aliphatic imine (C=N–C) groups is 1. The van der Waals surface area contributed by atoms with E-state index in [0.717, 1.165) is 12.1 Å². The van der Waals surface area contributed by atoms with Gasteiger partial charge in [-0.2, -0.15) is 5.10 Å². The van der Waals surface area contributed by atoms with E-state index >= 15 is 0 Å². The minimum atomic E-state index is 0.483. The molecule has 1 fully saturated rings. The van der Waals surface area contributed by atoms with Crippen molar-refractivity contribution in [1.82, 2.24) is 15.1 Å². The number of aromatic nitrogens is 2. The Morgan fingerprint density at radius 2 is 1.88 bits per heavy atom. The molecule has 5 heteroatoms. The fraction of sp³-hybridized carbons (Fsp3) is 0.474. The van der Waals surface area contributed by atoms with Gasteiger partial charge in [0.05, 0.1) is 19.3 Å². The maximum Gasteiger partial charge on any atom is 0.189 e. The summed E-state index contributed by atoms with van der Waals surface area (Å²) in [6, 6.07) is 10.8. The van der Waals surface area contributed by atoms with E-state index in [4.69, 9.17) is 5.73 Å². The molecule has 2 aromatic rings. The van der Waals surface area contributed by atoms with Crippen LogP contribution >= 0.6 is 0 Å². The zero-order chi connectivity index (χ0) is 16.6. The van der Waals surface area contributed by atoms with Crippen LogP contribution in [-0.4, -0.2) is 21.8 Å². The molecular formula is C19H27N5. The zero-order valence-electron chi connectivity index (χ0n) is 14.2. The van der Waals surface area contributed by atoms with Crippen molar-refractivity contribution in [3.63, 3.8) is 0 Å². The molecule has 0 bridgehead atoms. The maximum atomic E-state index is 6.05. The summed E-state index contributed by atoms with van der Waals surface area (Å²) >= 11 is 0. The molecule has 0 atom stereocenters. The predicted octanol–water partition coefficient (Wildman–Crippen LogP) is 3.06. The third-order valence-electron chi connectivity index (χ3n) is 4.51. The monoisotopic (exact) mass is 325 g/mol. The molecule has 1 aromatic carbocycles. The van der Waals surface area contributed by atoms with Crippen LogP contribution in [0.25, 0.3) is 0 Å². The molecule has 5 nitrogen and oxygen atoms in total. The Morgan fingerprint density at radius 3 is 2.62 bits per heavy atom. The van der Waals surface area contributed by atoms with Crippen LogP contribution in [0.3, 0.4) is 0 Å². The number of guanidine groups is 1. The second kappa shape index (κ2) is 8.52. The lowest BCUT2D eigenvalue weighted by atomic mass is 10.1. The third-order valence-corrected chi connectivity index (χ3v) is 4.51. The van der Waals surface area contributed by atoms with Crippen LogP contribution in [0.15, 0.2) is 47.7 Å². The van der Waals surface area contributed by atoms with Crippen molar-refractivity contribution >= 4 is 5.96 Å². The van der Waals surface area contributed by atoms with Crippen molar-refractivity contribution in [3.05, 3.63) is 53.9 Å². The number of hydrogen-bond acceptors (Lipinski definition) is 2. The van der Waals surface area contributed by atoms with Gasteiger partial charge in [-0.1, -0.05) is 56.0 Å². The van der Waals surface area contributed by atoms with E-state index in [1.54, 1.807) is 0 Å². The SMILES string of the molecule is NC(=NCc1cnn(Cc2ccccc2)c1)NC1CCCCCC1. The van der Waals surface area contributed by atoms with Crippen molar-refractivity contribution in [2.24, 2.45) is 10.7 Å². The second-order valence-corrected chi connectivity index (χ2v) is 6.57. The number of nitrogens with zero attached hydrogens (tertiary/aromatic N) is 3. The first-order chi connectivity index (χ1) is 11.8. The number of benzene rings is 1. The van der Waals surface area contributed by atoms with Gasteiger partial charge < -0.3 is 11.1 Å². The molecule has 128 valence electrons. The van der Waals surface area contributed by atoms with E-state index in [2.05, 4.69) is 27.5 Å². The summed E-state index contributed by atoms with van der Waals surface area (Å²) in [5.74, 6) is 0.553. The largest absolute Gasteiger partial charge is 0.370 e. The smallest absolute Gasteiger partial charge is 0.189 e. The Bertz CT molecular complexity index is 639. The average Bonchev–Trinajstić information content (AvgIpc) is 2.88. The van der Waals surface area contributed by atoms with Gasteiger partial charge in [-0.25, -0.2) is 4.99 Å². The van der Waals surface area contributed by atoms with Gasteiger partial charge in [-0.15, -0.1) is 0 Å². The molecule has 0 radical (unpaired) electrons. The van der Waals surface area contributed by atoms with Gasteiger partial charge in [0.15, 0.2) is 5.96 Å². The molecule has 0 aliphatic heterocycles. The van der Waals surface area contributed by atoms with E-state index in [0.29, 0.717) is 18.5 Å². The maximum absolute atomic E-state index is 6.05. The summed E-state index contributed by atoms with van der Waals surface area (Å²) < 4.78 is 1.94. The third kappa shape index (κ3) is 5.11. The Balaban J connectivity index is 1.50. The average molecular weight is 325 g/mol. The minimum Gasteiger partial charge on any atom is -0.370 e. The summed E-state index contributed by atoms with van der Waals surface area (Å²) in [5, 5.41) is 7.78. The summed E-state index contributed by atoms with van der Waals surface area (Å²) in [5.41, 5.74) is 8.37. The summed E-state index contributed by atoms with van der Waals surface area (Å²) in [6.07, 6.45) is 11.6. The van der Waals surface area contributed by atoms with Crippen LogP contribution in [0.2, 0.25) is 0 Å². The molecule has 3 N–H and O–H groups in total. The molecule has 0 unspecified atom stereocenters. The number of nitrogens with two attached hydrogens (primary N) is 1. The van der Waals surface area contributed by atoms with Crippen molar-refractivity contribution < 1.29 is 0 Å². The topological polar surface area (TPSA) is 68.2 Å². The number of hydrogen-bond donors (Lipinski definition) is 2. The molecule has 1 heterocycles. The highest BCUT2D eigenvalue weighted by Crippen LogP contribution is 2.17. The summed E-state index contributed by atoms with van der Waals surface area (Å²) in [6.45, 7) is 1.35. The molecule has 1 saturated carbocycles. The van der Waals surface area contributed by atoms with Crippen LogP contribution in [0.4, 0.5) is 0 Å². The molecule has 3 rings (SSSR count). The molecule has 0 spiro atoms. The number of rotatable bonds is 5. The van der Waals surface area contributed by atoms with Crippen molar-refractivity contribution in [2.45, 2.75) is 57.7 Å². The Kier molecular flexibility index (Phi) is 5.88. The first kappa shape index (κ1) is 16.6. The van der Waals surface area contributed by atoms with Gasteiger partial charge in [0.1, 0.15) is 0 Å². The lowest BCUT2D eigenvalue weighted by molar-refractivity contribution is 0.530. The molecule has 24 heavy (non-hydrogen) atoms. The zero-order valence-corrected chi connectivity index (χ0v) is 14.2. The van der Waals surface area contributed by atoms with E-state index in [1.807, 2.05) is 35.3 Å². The Morgan fingerprint density at radius 1 is 1.12 bits per heavy atom. The van der Waals surface area contributed by atoms with E-state index in [-0.39, 0.29) is 0 Å². The quantitative estimate of drug-likeness (QED) is 0.504. The fourth-order valence-corrected chi connectivity index (χ4v) is 3.20. The summed E-state index contributed by atoms with van der Waals surface area (Å²) in [7, 11) is 0. The Labute approximate surface area is 144 Å².